The summed E-state index contributed by atoms with van der Waals surface area (Å²) in [6.07, 6.45) is 1.13. The van der Waals surface area contributed by atoms with Crippen molar-refractivity contribution in [1.82, 2.24) is 20.4 Å². The molecule has 28 heavy (non-hydrogen) atoms. The van der Waals surface area contributed by atoms with E-state index >= 15 is 0 Å². The van der Waals surface area contributed by atoms with Crippen LogP contribution in [0.2, 0.25) is 0 Å². The van der Waals surface area contributed by atoms with E-state index < -0.39 is 0 Å². The van der Waals surface area contributed by atoms with Crippen LogP contribution in [-0.2, 0) is 10.5 Å². The number of hydrogen-bond donors (Lipinski definition) is 1. The number of amides is 2. The molecule has 2 aromatic rings. The fraction of sp³-hybridized carbons (Fsp3) is 0.474. The summed E-state index contributed by atoms with van der Waals surface area (Å²) < 4.78 is 10.2. The summed E-state index contributed by atoms with van der Waals surface area (Å²) in [5, 5.41) is 6.87. The van der Waals surface area contributed by atoms with Gasteiger partial charge in [0.25, 0.3) is 5.91 Å². The number of aryl methyl sites for hydroxylation is 1. The van der Waals surface area contributed by atoms with Gasteiger partial charge in [0.15, 0.2) is 5.82 Å². The van der Waals surface area contributed by atoms with Crippen molar-refractivity contribution in [3.63, 3.8) is 0 Å². The van der Waals surface area contributed by atoms with Crippen LogP contribution in [-0.4, -0.2) is 52.8 Å². The average molecular weight is 404 g/mol. The molecule has 0 spiro atoms. The Morgan fingerprint density at radius 1 is 1.32 bits per heavy atom. The summed E-state index contributed by atoms with van der Waals surface area (Å²) in [6.45, 7) is 5.09. The molecular formula is C19H24N4O4S. The molecule has 0 radical (unpaired) electrons. The maximum atomic E-state index is 12.8. The minimum Gasteiger partial charge on any atom is -0.450 e. The Kier molecular flexibility index (Phi) is 6.91. The molecule has 1 aliphatic heterocycles. The molecular weight excluding hydrogens is 380 g/mol. The van der Waals surface area contributed by atoms with Crippen molar-refractivity contribution in [2.24, 2.45) is 0 Å². The van der Waals surface area contributed by atoms with Crippen molar-refractivity contribution >= 4 is 23.8 Å². The normalized spacial score (nSPS) is 14.7. The highest BCUT2D eigenvalue weighted by atomic mass is 32.2. The molecule has 1 N–H and O–H groups in total. The lowest BCUT2D eigenvalue weighted by Gasteiger charge is -2.31. The number of rotatable bonds is 6. The zero-order valence-corrected chi connectivity index (χ0v) is 16.8. The summed E-state index contributed by atoms with van der Waals surface area (Å²) in [5.41, 5.74) is 0.622. The van der Waals surface area contributed by atoms with Crippen molar-refractivity contribution in [2.45, 2.75) is 43.4 Å². The number of likely N-dealkylation sites (tertiary alicyclic amines) is 1. The lowest BCUT2D eigenvalue weighted by atomic mass is 10.0. The van der Waals surface area contributed by atoms with E-state index in [1.807, 2.05) is 24.3 Å². The molecule has 0 atom stereocenters. The minimum absolute atomic E-state index is 0.0369. The Morgan fingerprint density at radius 2 is 2.07 bits per heavy atom. The number of ether oxygens (including phenoxy) is 1. The van der Waals surface area contributed by atoms with Gasteiger partial charge in [-0.05, 0) is 38.8 Å². The van der Waals surface area contributed by atoms with Crippen LogP contribution in [0.5, 0.6) is 0 Å². The van der Waals surface area contributed by atoms with Crippen LogP contribution in [0.4, 0.5) is 4.79 Å². The maximum absolute atomic E-state index is 12.8. The molecule has 8 nitrogen and oxygen atoms in total. The number of hydrogen-bond acceptors (Lipinski definition) is 7. The Hall–Kier alpha value is -2.55. The molecule has 1 aromatic heterocycles. The Morgan fingerprint density at radius 3 is 2.75 bits per heavy atom. The lowest BCUT2D eigenvalue weighted by Crippen LogP contribution is -2.46. The van der Waals surface area contributed by atoms with Crippen molar-refractivity contribution in [2.75, 3.05) is 19.7 Å². The number of thioether (sulfide) groups is 1. The Bertz CT molecular complexity index is 818. The molecule has 1 saturated heterocycles. The standard InChI is InChI=1S/C19H24N4O4S/c1-3-26-19(25)23-10-8-14(9-11-23)21-18(24)15-6-4-5-7-16(15)28-12-17-20-13(2)22-27-17/h4-7,14H,3,8-12H2,1-2H3,(H,21,24). The van der Waals surface area contributed by atoms with Gasteiger partial charge >= 0.3 is 6.09 Å². The molecule has 0 bridgehead atoms. The average Bonchev–Trinajstić information content (AvgIpc) is 3.12. The van der Waals surface area contributed by atoms with Gasteiger partial charge in [0.05, 0.1) is 17.9 Å². The van der Waals surface area contributed by atoms with Gasteiger partial charge < -0.3 is 19.5 Å². The van der Waals surface area contributed by atoms with E-state index in [1.165, 1.54) is 11.8 Å². The zero-order chi connectivity index (χ0) is 19.9. The molecule has 2 amide bonds. The molecule has 0 unspecified atom stereocenters. The van der Waals surface area contributed by atoms with Gasteiger partial charge in [-0.25, -0.2) is 4.79 Å². The SMILES string of the molecule is CCOC(=O)N1CCC(NC(=O)c2ccccc2SCc2nc(C)no2)CC1. The molecule has 3 rings (SSSR count). The second-order valence-electron chi connectivity index (χ2n) is 6.45. The fourth-order valence-electron chi connectivity index (χ4n) is 3.00. The van der Waals surface area contributed by atoms with Crippen LogP contribution < -0.4 is 5.32 Å². The van der Waals surface area contributed by atoms with Crippen molar-refractivity contribution in [1.29, 1.82) is 0 Å². The van der Waals surface area contributed by atoms with Gasteiger partial charge in [-0.2, -0.15) is 4.98 Å². The van der Waals surface area contributed by atoms with E-state index in [-0.39, 0.29) is 18.0 Å². The summed E-state index contributed by atoms with van der Waals surface area (Å²) in [7, 11) is 0. The van der Waals surface area contributed by atoms with Gasteiger partial charge in [0, 0.05) is 24.0 Å². The van der Waals surface area contributed by atoms with E-state index in [2.05, 4.69) is 15.5 Å². The van der Waals surface area contributed by atoms with E-state index in [0.717, 1.165) is 4.90 Å². The highest BCUT2D eigenvalue weighted by molar-refractivity contribution is 7.98. The summed E-state index contributed by atoms with van der Waals surface area (Å²) >= 11 is 1.49. The number of piperidine rings is 1. The quantitative estimate of drug-likeness (QED) is 0.739. The fourth-order valence-corrected chi connectivity index (χ4v) is 3.89. The second-order valence-corrected chi connectivity index (χ2v) is 7.47. The third kappa shape index (κ3) is 5.25. The van der Waals surface area contributed by atoms with E-state index in [1.54, 1.807) is 18.7 Å². The zero-order valence-electron chi connectivity index (χ0n) is 16.0. The number of carbonyl (C=O) groups is 2. The van der Waals surface area contributed by atoms with Crippen LogP contribution in [0, 0.1) is 6.92 Å². The van der Waals surface area contributed by atoms with Crippen molar-refractivity contribution < 1.29 is 18.8 Å². The molecule has 1 aromatic carbocycles. The Labute approximate surface area is 168 Å². The number of nitrogens with zero attached hydrogens (tertiary/aromatic N) is 3. The highest BCUT2D eigenvalue weighted by Gasteiger charge is 2.25. The predicted molar refractivity (Wildman–Crippen MR) is 104 cm³/mol. The van der Waals surface area contributed by atoms with Crippen LogP contribution in [0.15, 0.2) is 33.7 Å². The van der Waals surface area contributed by atoms with Crippen LogP contribution in [0.3, 0.4) is 0 Å². The van der Waals surface area contributed by atoms with Crippen molar-refractivity contribution in [3.05, 3.63) is 41.5 Å². The van der Waals surface area contributed by atoms with Gasteiger partial charge in [-0.3, -0.25) is 4.79 Å². The first-order valence-electron chi connectivity index (χ1n) is 9.30. The van der Waals surface area contributed by atoms with E-state index in [4.69, 9.17) is 9.26 Å². The summed E-state index contributed by atoms with van der Waals surface area (Å²) in [5.74, 6) is 1.52. The summed E-state index contributed by atoms with van der Waals surface area (Å²) in [6, 6.07) is 7.50. The van der Waals surface area contributed by atoms with Crippen LogP contribution in [0.25, 0.3) is 0 Å². The number of benzene rings is 1. The molecule has 2 heterocycles. The molecule has 150 valence electrons. The number of carbonyl (C=O) groups excluding carboxylic acids is 2. The molecule has 0 saturated carbocycles. The first kappa shape index (κ1) is 20.2. The first-order valence-corrected chi connectivity index (χ1v) is 10.3. The van der Waals surface area contributed by atoms with Crippen LogP contribution >= 0.6 is 11.8 Å². The monoisotopic (exact) mass is 404 g/mol. The van der Waals surface area contributed by atoms with E-state index in [0.29, 0.717) is 55.6 Å². The largest absolute Gasteiger partial charge is 0.450 e. The smallest absolute Gasteiger partial charge is 0.409 e. The first-order chi connectivity index (χ1) is 13.6. The third-order valence-electron chi connectivity index (χ3n) is 4.41. The minimum atomic E-state index is -0.287. The van der Waals surface area contributed by atoms with E-state index in [9.17, 15) is 9.59 Å². The third-order valence-corrected chi connectivity index (χ3v) is 5.47. The van der Waals surface area contributed by atoms with Crippen LogP contribution in [0.1, 0.15) is 41.8 Å². The maximum Gasteiger partial charge on any atom is 0.409 e. The second kappa shape index (κ2) is 9.59. The van der Waals surface area contributed by atoms with Gasteiger partial charge in [-0.15, -0.1) is 11.8 Å². The predicted octanol–water partition coefficient (Wildman–Crippen LogP) is 3.02. The molecule has 0 aliphatic carbocycles. The molecule has 1 aliphatic rings. The Balaban J connectivity index is 1.55. The molecule has 1 fully saturated rings. The van der Waals surface area contributed by atoms with Gasteiger partial charge in [-0.1, -0.05) is 17.3 Å². The summed E-state index contributed by atoms with van der Waals surface area (Å²) in [4.78, 5) is 31.3. The number of aromatic nitrogens is 2. The molecule has 9 heteroatoms. The topological polar surface area (TPSA) is 97.6 Å². The number of nitrogens with one attached hydrogen (secondary N) is 1. The van der Waals surface area contributed by atoms with Crippen molar-refractivity contribution in [3.8, 4) is 0 Å². The van der Waals surface area contributed by atoms with Gasteiger partial charge in [0.1, 0.15) is 0 Å². The van der Waals surface area contributed by atoms with Gasteiger partial charge in [0.2, 0.25) is 5.89 Å². The highest BCUT2D eigenvalue weighted by Crippen LogP contribution is 2.26. The lowest BCUT2D eigenvalue weighted by molar-refractivity contribution is 0.0858.